The number of nitrogens with zero attached hydrogens (tertiary/aromatic N) is 1. The third-order valence-corrected chi connectivity index (χ3v) is 3.46. The highest BCUT2D eigenvalue weighted by molar-refractivity contribution is 6.35. The number of halogens is 2. The van der Waals surface area contributed by atoms with Crippen LogP contribution in [0.2, 0.25) is 10.0 Å². The predicted molar refractivity (Wildman–Crippen MR) is 74.0 cm³/mol. The summed E-state index contributed by atoms with van der Waals surface area (Å²) in [6, 6.07) is 4.98. The number of carbonyl (C=O) groups is 1. The van der Waals surface area contributed by atoms with E-state index in [1.54, 1.807) is 23.1 Å². The van der Waals surface area contributed by atoms with E-state index in [0.717, 1.165) is 0 Å². The second kappa shape index (κ2) is 6.46. The maximum absolute atomic E-state index is 12.0. The van der Waals surface area contributed by atoms with Crippen LogP contribution in [0, 0.1) is 0 Å². The first-order valence-electron chi connectivity index (χ1n) is 6.03. The monoisotopic (exact) mass is 303 g/mol. The average Bonchev–Trinajstić information content (AvgIpc) is 2.38. The van der Waals surface area contributed by atoms with Gasteiger partial charge in [0.05, 0.1) is 24.3 Å². The lowest BCUT2D eigenvalue weighted by atomic mass is 10.2. The van der Waals surface area contributed by atoms with Gasteiger partial charge in [-0.2, -0.15) is 0 Å². The molecule has 1 heterocycles. The number of hydrogen-bond donors (Lipinski definition) is 0. The van der Waals surface area contributed by atoms with E-state index in [1.807, 2.05) is 6.92 Å². The zero-order valence-electron chi connectivity index (χ0n) is 10.6. The lowest BCUT2D eigenvalue weighted by Gasteiger charge is -2.33. The fourth-order valence-electron chi connectivity index (χ4n) is 1.91. The van der Waals surface area contributed by atoms with E-state index in [-0.39, 0.29) is 18.6 Å². The normalized spacial score (nSPS) is 19.3. The molecule has 1 aromatic rings. The first kappa shape index (κ1) is 14.4. The Labute approximate surface area is 122 Å². The zero-order chi connectivity index (χ0) is 13.8. The number of amides is 1. The highest BCUT2D eigenvalue weighted by Gasteiger charge is 2.24. The van der Waals surface area contributed by atoms with E-state index >= 15 is 0 Å². The Kier molecular flexibility index (Phi) is 4.91. The van der Waals surface area contributed by atoms with Crippen LogP contribution in [0.3, 0.4) is 0 Å². The molecule has 1 aliphatic heterocycles. The molecule has 1 atom stereocenters. The quantitative estimate of drug-likeness (QED) is 0.861. The molecular formula is C13H15Cl2NO3. The highest BCUT2D eigenvalue weighted by atomic mass is 35.5. The Morgan fingerprint density at radius 2 is 2.32 bits per heavy atom. The second-order valence-electron chi connectivity index (χ2n) is 4.37. The molecule has 6 heteroatoms. The van der Waals surface area contributed by atoms with E-state index < -0.39 is 0 Å². The molecule has 0 aliphatic carbocycles. The van der Waals surface area contributed by atoms with Crippen molar-refractivity contribution < 1.29 is 14.3 Å². The SMILES string of the molecule is CC1COCCN1C(=O)COc1ccc(Cl)cc1Cl. The van der Waals surface area contributed by atoms with Crippen LogP contribution in [-0.4, -0.2) is 43.2 Å². The fourth-order valence-corrected chi connectivity index (χ4v) is 2.38. The lowest BCUT2D eigenvalue weighted by molar-refractivity contribution is -0.141. The molecule has 1 unspecified atom stereocenters. The van der Waals surface area contributed by atoms with Gasteiger partial charge in [0.15, 0.2) is 6.61 Å². The molecule has 0 N–H and O–H groups in total. The summed E-state index contributed by atoms with van der Waals surface area (Å²) in [5.41, 5.74) is 0. The number of rotatable bonds is 3. The van der Waals surface area contributed by atoms with Crippen molar-refractivity contribution in [2.24, 2.45) is 0 Å². The van der Waals surface area contributed by atoms with E-state index in [2.05, 4.69) is 0 Å². The van der Waals surface area contributed by atoms with E-state index in [4.69, 9.17) is 32.7 Å². The summed E-state index contributed by atoms with van der Waals surface area (Å²) in [5.74, 6) is 0.391. The summed E-state index contributed by atoms with van der Waals surface area (Å²) >= 11 is 11.8. The minimum atomic E-state index is -0.0678. The lowest BCUT2D eigenvalue weighted by Crippen LogP contribution is -2.48. The third kappa shape index (κ3) is 3.75. The van der Waals surface area contributed by atoms with Gasteiger partial charge in [0.25, 0.3) is 5.91 Å². The van der Waals surface area contributed by atoms with Crippen LogP contribution in [0.25, 0.3) is 0 Å². The van der Waals surface area contributed by atoms with Gasteiger partial charge in [0.2, 0.25) is 0 Å². The minimum Gasteiger partial charge on any atom is -0.482 e. The smallest absolute Gasteiger partial charge is 0.260 e. The molecule has 0 spiro atoms. The number of hydrogen-bond acceptors (Lipinski definition) is 3. The summed E-state index contributed by atoms with van der Waals surface area (Å²) in [6.45, 7) is 3.64. The van der Waals surface area contributed by atoms with Crippen molar-refractivity contribution in [1.82, 2.24) is 4.90 Å². The van der Waals surface area contributed by atoms with Gasteiger partial charge in [-0.25, -0.2) is 0 Å². The average molecular weight is 304 g/mol. The van der Waals surface area contributed by atoms with Gasteiger partial charge in [-0.05, 0) is 25.1 Å². The van der Waals surface area contributed by atoms with Crippen molar-refractivity contribution in [3.8, 4) is 5.75 Å². The molecule has 19 heavy (non-hydrogen) atoms. The highest BCUT2D eigenvalue weighted by Crippen LogP contribution is 2.27. The largest absolute Gasteiger partial charge is 0.482 e. The molecule has 1 aromatic carbocycles. The van der Waals surface area contributed by atoms with Gasteiger partial charge in [-0.1, -0.05) is 23.2 Å². The number of ether oxygens (including phenoxy) is 2. The Hall–Kier alpha value is -0.970. The number of morpholine rings is 1. The molecule has 4 nitrogen and oxygen atoms in total. The molecule has 0 radical (unpaired) electrons. The summed E-state index contributed by atoms with van der Waals surface area (Å²) in [5, 5.41) is 0.931. The Morgan fingerprint density at radius 3 is 3.00 bits per heavy atom. The molecule has 0 saturated carbocycles. The van der Waals surface area contributed by atoms with Gasteiger partial charge in [0.1, 0.15) is 5.75 Å². The minimum absolute atomic E-state index is 0.0360. The standard InChI is InChI=1S/C13H15Cl2NO3/c1-9-7-18-5-4-16(9)13(17)8-19-12-3-2-10(14)6-11(12)15/h2-3,6,9H,4-5,7-8H2,1H3. The van der Waals surface area contributed by atoms with E-state index in [0.29, 0.717) is 35.6 Å². The summed E-state index contributed by atoms with van der Waals surface area (Å²) in [4.78, 5) is 13.8. The molecule has 104 valence electrons. The topological polar surface area (TPSA) is 38.8 Å². The number of carbonyl (C=O) groups excluding carboxylic acids is 1. The maximum atomic E-state index is 12.0. The molecule has 0 aromatic heterocycles. The Morgan fingerprint density at radius 1 is 1.53 bits per heavy atom. The van der Waals surface area contributed by atoms with Gasteiger partial charge in [-0.15, -0.1) is 0 Å². The first-order valence-corrected chi connectivity index (χ1v) is 6.78. The van der Waals surface area contributed by atoms with Crippen molar-refractivity contribution in [3.63, 3.8) is 0 Å². The van der Waals surface area contributed by atoms with E-state index in [9.17, 15) is 4.79 Å². The van der Waals surface area contributed by atoms with Crippen LogP contribution in [0.5, 0.6) is 5.75 Å². The molecule has 1 aliphatic rings. The summed E-state index contributed by atoms with van der Waals surface area (Å²) < 4.78 is 10.7. The van der Waals surface area contributed by atoms with Crippen molar-refractivity contribution in [3.05, 3.63) is 28.2 Å². The van der Waals surface area contributed by atoms with Crippen molar-refractivity contribution >= 4 is 29.1 Å². The van der Waals surface area contributed by atoms with Crippen LogP contribution < -0.4 is 4.74 Å². The molecular weight excluding hydrogens is 289 g/mol. The molecule has 1 fully saturated rings. The molecule has 1 amide bonds. The van der Waals surface area contributed by atoms with Crippen molar-refractivity contribution in [2.75, 3.05) is 26.4 Å². The van der Waals surface area contributed by atoms with Crippen LogP contribution >= 0.6 is 23.2 Å². The van der Waals surface area contributed by atoms with Gasteiger partial charge < -0.3 is 14.4 Å². The Balaban J connectivity index is 1.92. The third-order valence-electron chi connectivity index (χ3n) is 2.93. The molecule has 2 rings (SSSR count). The summed E-state index contributed by atoms with van der Waals surface area (Å²) in [7, 11) is 0. The molecule has 1 saturated heterocycles. The van der Waals surface area contributed by atoms with E-state index in [1.165, 1.54) is 0 Å². The predicted octanol–water partition coefficient (Wildman–Crippen LogP) is 2.62. The fraction of sp³-hybridized carbons (Fsp3) is 0.462. The van der Waals surface area contributed by atoms with Crippen molar-refractivity contribution in [1.29, 1.82) is 0 Å². The number of benzene rings is 1. The van der Waals surface area contributed by atoms with Crippen LogP contribution in [0.1, 0.15) is 6.92 Å². The zero-order valence-corrected chi connectivity index (χ0v) is 12.1. The van der Waals surface area contributed by atoms with Gasteiger partial charge >= 0.3 is 0 Å². The van der Waals surface area contributed by atoms with Gasteiger partial charge in [-0.3, -0.25) is 4.79 Å². The van der Waals surface area contributed by atoms with Crippen LogP contribution in [-0.2, 0) is 9.53 Å². The summed E-state index contributed by atoms with van der Waals surface area (Å²) in [6.07, 6.45) is 0. The second-order valence-corrected chi connectivity index (χ2v) is 5.22. The maximum Gasteiger partial charge on any atom is 0.260 e. The van der Waals surface area contributed by atoms with Crippen molar-refractivity contribution in [2.45, 2.75) is 13.0 Å². The van der Waals surface area contributed by atoms with Crippen LogP contribution in [0.15, 0.2) is 18.2 Å². The Bertz CT molecular complexity index is 467. The van der Waals surface area contributed by atoms with Crippen LogP contribution in [0.4, 0.5) is 0 Å². The van der Waals surface area contributed by atoms with Gasteiger partial charge in [0, 0.05) is 11.6 Å². The first-order chi connectivity index (χ1) is 9.08. The molecule has 0 bridgehead atoms.